The smallest absolute Gasteiger partial charge is 0.125 e. The second-order valence-corrected chi connectivity index (χ2v) is 4.16. The highest BCUT2D eigenvalue weighted by atomic mass is 32.2. The van der Waals surface area contributed by atoms with Gasteiger partial charge in [-0.2, -0.15) is 11.8 Å². The summed E-state index contributed by atoms with van der Waals surface area (Å²) in [5.74, 6) is 2.98. The normalized spacial score (nSPS) is 14.6. The Morgan fingerprint density at radius 1 is 1.38 bits per heavy atom. The predicted octanol–water partition coefficient (Wildman–Crippen LogP) is 1.03. The molecule has 3 nitrogen and oxygen atoms in total. The largest absolute Gasteiger partial charge is 0.330 e. The molecule has 70 valence electrons. The minimum absolute atomic E-state index is 0.674. The molecule has 0 radical (unpaired) electrons. The molecule has 2 heterocycles. The Balaban J connectivity index is 2.43. The highest BCUT2D eigenvalue weighted by Gasteiger charge is 2.17. The van der Waals surface area contributed by atoms with Gasteiger partial charge in [0.1, 0.15) is 5.82 Å². The molecule has 0 aromatic carbocycles. The molecule has 0 fully saturated rings. The maximum atomic E-state index is 5.54. The Hall–Kier alpha value is -0.610. The zero-order chi connectivity index (χ0) is 9.26. The van der Waals surface area contributed by atoms with Crippen LogP contribution in [0.3, 0.4) is 0 Å². The van der Waals surface area contributed by atoms with E-state index in [9.17, 15) is 0 Å². The van der Waals surface area contributed by atoms with E-state index < -0.39 is 0 Å². The zero-order valence-corrected chi connectivity index (χ0v) is 8.52. The molecule has 4 heteroatoms. The molecule has 0 atom stereocenters. The number of rotatable bonds is 2. The Labute approximate surface area is 82.2 Å². The van der Waals surface area contributed by atoms with Gasteiger partial charge in [0.05, 0.1) is 5.69 Å². The van der Waals surface area contributed by atoms with Crippen LogP contribution in [0.4, 0.5) is 0 Å². The monoisotopic (exact) mass is 195 g/mol. The van der Waals surface area contributed by atoms with E-state index in [0.29, 0.717) is 6.54 Å². The molecular weight excluding hydrogens is 182 g/mol. The summed E-state index contributed by atoms with van der Waals surface area (Å²) in [7, 11) is 0. The van der Waals surface area contributed by atoms with Crippen molar-refractivity contribution in [3.8, 4) is 0 Å². The number of nitrogens with two attached hydrogens (primary N) is 1. The molecule has 0 saturated carbocycles. The molecular formula is C9H13N3S. The van der Waals surface area contributed by atoms with E-state index in [0.717, 1.165) is 29.4 Å². The van der Waals surface area contributed by atoms with Crippen molar-refractivity contribution in [3.05, 3.63) is 22.8 Å². The molecule has 0 unspecified atom stereocenters. The van der Waals surface area contributed by atoms with Gasteiger partial charge in [-0.3, -0.25) is 0 Å². The third-order valence-electron chi connectivity index (χ3n) is 2.16. The van der Waals surface area contributed by atoms with Gasteiger partial charge in [0, 0.05) is 29.2 Å². The summed E-state index contributed by atoms with van der Waals surface area (Å²) in [5.41, 5.74) is 9.26. The van der Waals surface area contributed by atoms with Gasteiger partial charge in [0.2, 0.25) is 0 Å². The maximum absolute atomic E-state index is 5.54. The highest BCUT2D eigenvalue weighted by Crippen LogP contribution is 2.30. The topological polar surface area (TPSA) is 51.8 Å². The first-order valence-electron chi connectivity index (χ1n) is 4.44. The van der Waals surface area contributed by atoms with E-state index >= 15 is 0 Å². The van der Waals surface area contributed by atoms with Crippen molar-refractivity contribution >= 4 is 11.8 Å². The van der Waals surface area contributed by atoms with Crippen LogP contribution in [0.1, 0.15) is 22.8 Å². The van der Waals surface area contributed by atoms with Crippen LogP contribution in [-0.2, 0) is 17.9 Å². The van der Waals surface area contributed by atoms with Gasteiger partial charge < -0.3 is 5.73 Å². The number of fused-ring (bicyclic) bond motifs is 1. The van der Waals surface area contributed by atoms with Crippen LogP contribution in [-0.4, -0.2) is 16.5 Å². The first kappa shape index (κ1) is 8.97. The summed E-state index contributed by atoms with van der Waals surface area (Å²) in [6.07, 6.45) is 0.881. The van der Waals surface area contributed by atoms with Crippen LogP contribution in [0.25, 0.3) is 0 Å². The number of hydrogen-bond acceptors (Lipinski definition) is 4. The first-order valence-corrected chi connectivity index (χ1v) is 5.60. The van der Waals surface area contributed by atoms with Crippen LogP contribution in [0.15, 0.2) is 0 Å². The lowest BCUT2D eigenvalue weighted by Crippen LogP contribution is -2.09. The molecule has 0 aliphatic carbocycles. The molecule has 2 rings (SSSR count). The SMILES string of the molecule is Cc1nc(CCN)c2c(n1)CSC2. The summed E-state index contributed by atoms with van der Waals surface area (Å²) in [6, 6.07) is 0. The molecule has 13 heavy (non-hydrogen) atoms. The molecule has 0 amide bonds. The fourth-order valence-corrected chi connectivity index (χ4v) is 2.67. The number of thioether (sulfide) groups is 1. The van der Waals surface area contributed by atoms with Crippen LogP contribution < -0.4 is 5.73 Å². The summed E-state index contributed by atoms with van der Waals surface area (Å²) in [5, 5.41) is 0. The lowest BCUT2D eigenvalue weighted by molar-refractivity contribution is 0.858. The fourth-order valence-electron chi connectivity index (χ4n) is 1.60. The third-order valence-corrected chi connectivity index (χ3v) is 3.13. The van der Waals surface area contributed by atoms with E-state index in [2.05, 4.69) is 9.97 Å². The second kappa shape index (κ2) is 3.64. The van der Waals surface area contributed by atoms with Gasteiger partial charge >= 0.3 is 0 Å². The zero-order valence-electron chi connectivity index (χ0n) is 7.71. The molecule has 1 aromatic rings. The molecule has 1 aliphatic heterocycles. The molecule has 0 spiro atoms. The van der Waals surface area contributed by atoms with Crippen molar-refractivity contribution in [1.29, 1.82) is 0 Å². The van der Waals surface area contributed by atoms with E-state index in [1.807, 2.05) is 18.7 Å². The second-order valence-electron chi connectivity index (χ2n) is 3.17. The summed E-state index contributed by atoms with van der Waals surface area (Å²) < 4.78 is 0. The van der Waals surface area contributed by atoms with E-state index in [1.165, 1.54) is 11.3 Å². The molecule has 1 aliphatic rings. The number of aryl methyl sites for hydroxylation is 1. The molecule has 1 aromatic heterocycles. The Morgan fingerprint density at radius 3 is 3.00 bits per heavy atom. The number of hydrogen-bond donors (Lipinski definition) is 1. The number of nitrogens with zero attached hydrogens (tertiary/aromatic N) is 2. The van der Waals surface area contributed by atoms with Crippen LogP contribution in [0.2, 0.25) is 0 Å². The summed E-state index contributed by atoms with van der Waals surface area (Å²) in [6.45, 7) is 2.62. The van der Waals surface area contributed by atoms with Gasteiger partial charge in [-0.25, -0.2) is 9.97 Å². The average molecular weight is 195 g/mol. The van der Waals surface area contributed by atoms with Gasteiger partial charge in [0.25, 0.3) is 0 Å². The van der Waals surface area contributed by atoms with Crippen LogP contribution in [0, 0.1) is 6.92 Å². The minimum atomic E-state index is 0.674. The predicted molar refractivity (Wildman–Crippen MR) is 54.5 cm³/mol. The van der Waals surface area contributed by atoms with E-state index in [4.69, 9.17) is 5.73 Å². The highest BCUT2D eigenvalue weighted by molar-refractivity contribution is 7.98. The fraction of sp³-hybridized carbons (Fsp3) is 0.556. The van der Waals surface area contributed by atoms with E-state index in [-0.39, 0.29) is 0 Å². The minimum Gasteiger partial charge on any atom is -0.330 e. The van der Waals surface area contributed by atoms with Crippen molar-refractivity contribution in [1.82, 2.24) is 9.97 Å². The maximum Gasteiger partial charge on any atom is 0.125 e. The lowest BCUT2D eigenvalue weighted by Gasteiger charge is -2.05. The standard InChI is InChI=1S/C9H13N3S/c1-6-11-8(2-3-10)7-4-13-5-9(7)12-6/h2-5,10H2,1H3. The van der Waals surface area contributed by atoms with Crippen LogP contribution >= 0.6 is 11.8 Å². The van der Waals surface area contributed by atoms with Gasteiger partial charge in [-0.05, 0) is 13.5 Å². The first-order chi connectivity index (χ1) is 6.31. The van der Waals surface area contributed by atoms with Gasteiger partial charge in [-0.15, -0.1) is 0 Å². The number of aromatic nitrogens is 2. The quantitative estimate of drug-likeness (QED) is 0.766. The molecule has 0 saturated heterocycles. The Bertz CT molecular complexity index is 325. The van der Waals surface area contributed by atoms with Crippen molar-refractivity contribution < 1.29 is 0 Å². The van der Waals surface area contributed by atoms with Crippen molar-refractivity contribution in [2.24, 2.45) is 5.73 Å². The van der Waals surface area contributed by atoms with Crippen LogP contribution in [0.5, 0.6) is 0 Å². The average Bonchev–Trinajstić information content (AvgIpc) is 2.52. The summed E-state index contributed by atoms with van der Waals surface area (Å²) in [4.78, 5) is 8.85. The Kier molecular flexibility index (Phi) is 2.51. The van der Waals surface area contributed by atoms with E-state index in [1.54, 1.807) is 0 Å². The summed E-state index contributed by atoms with van der Waals surface area (Å²) >= 11 is 1.91. The molecule has 0 bridgehead atoms. The Morgan fingerprint density at radius 2 is 2.23 bits per heavy atom. The van der Waals surface area contributed by atoms with Gasteiger partial charge in [-0.1, -0.05) is 0 Å². The van der Waals surface area contributed by atoms with Crippen molar-refractivity contribution in [2.45, 2.75) is 24.9 Å². The van der Waals surface area contributed by atoms with Gasteiger partial charge in [0.15, 0.2) is 0 Å². The lowest BCUT2D eigenvalue weighted by atomic mass is 10.1. The van der Waals surface area contributed by atoms with Crippen molar-refractivity contribution in [3.63, 3.8) is 0 Å². The molecule has 2 N–H and O–H groups in total. The van der Waals surface area contributed by atoms with Crippen molar-refractivity contribution in [2.75, 3.05) is 6.54 Å². The third kappa shape index (κ3) is 1.69.